The Morgan fingerprint density at radius 3 is 2.76 bits per heavy atom. The molecule has 150 valence electrons. The first-order valence-corrected chi connectivity index (χ1v) is 10.8. The molecule has 1 aliphatic rings. The fourth-order valence-corrected chi connectivity index (χ4v) is 4.51. The van der Waals surface area contributed by atoms with Crippen molar-refractivity contribution >= 4 is 51.8 Å². The molecule has 1 fully saturated rings. The van der Waals surface area contributed by atoms with Gasteiger partial charge in [0, 0.05) is 29.1 Å². The minimum absolute atomic E-state index is 0.141. The van der Waals surface area contributed by atoms with Crippen LogP contribution in [0, 0.1) is 0 Å². The van der Waals surface area contributed by atoms with Crippen molar-refractivity contribution < 1.29 is 9.53 Å². The first-order chi connectivity index (χ1) is 14.1. The molecule has 4 rings (SSSR count). The Hall–Kier alpha value is -2.12. The second-order valence-electron chi connectivity index (χ2n) is 6.61. The third-order valence-electron chi connectivity index (χ3n) is 4.58. The van der Waals surface area contributed by atoms with E-state index >= 15 is 0 Å². The smallest absolute Gasteiger partial charge is 0.230 e. The molecular formula is C21H19Cl2N3O2S. The second-order valence-corrected chi connectivity index (χ2v) is 8.31. The van der Waals surface area contributed by atoms with Crippen LogP contribution >= 0.6 is 34.5 Å². The summed E-state index contributed by atoms with van der Waals surface area (Å²) in [5.74, 6) is -0.141. The van der Waals surface area contributed by atoms with E-state index in [1.54, 1.807) is 6.07 Å². The number of ether oxygens (including phenoxy) is 1. The fourth-order valence-electron chi connectivity index (χ4n) is 3.19. The number of hydrogen-bond donors (Lipinski definition) is 1. The van der Waals surface area contributed by atoms with Gasteiger partial charge in [-0.05, 0) is 24.3 Å². The number of amides is 1. The molecule has 0 aliphatic carbocycles. The summed E-state index contributed by atoms with van der Waals surface area (Å²) in [5.41, 5.74) is 3.22. The molecule has 1 aromatic heterocycles. The van der Waals surface area contributed by atoms with Gasteiger partial charge in [-0.25, -0.2) is 4.98 Å². The minimum Gasteiger partial charge on any atom is -0.378 e. The Kier molecular flexibility index (Phi) is 6.35. The lowest BCUT2D eigenvalue weighted by Crippen LogP contribution is -2.36. The number of carbonyl (C=O) groups is 1. The molecule has 1 saturated heterocycles. The van der Waals surface area contributed by atoms with Crippen LogP contribution in [0.4, 0.5) is 11.4 Å². The van der Waals surface area contributed by atoms with Gasteiger partial charge in [-0.3, -0.25) is 4.79 Å². The van der Waals surface area contributed by atoms with Gasteiger partial charge < -0.3 is 15.0 Å². The van der Waals surface area contributed by atoms with Crippen LogP contribution in [0.5, 0.6) is 0 Å². The monoisotopic (exact) mass is 447 g/mol. The van der Waals surface area contributed by atoms with Crippen molar-refractivity contribution in [1.82, 2.24) is 4.98 Å². The Balaban J connectivity index is 1.48. The van der Waals surface area contributed by atoms with Crippen molar-refractivity contribution in [2.75, 3.05) is 36.5 Å². The van der Waals surface area contributed by atoms with Gasteiger partial charge in [0.25, 0.3) is 0 Å². The third kappa shape index (κ3) is 4.90. The lowest BCUT2D eigenvalue weighted by Gasteiger charge is -2.30. The molecule has 0 unspecified atom stereocenters. The van der Waals surface area contributed by atoms with E-state index in [9.17, 15) is 4.79 Å². The van der Waals surface area contributed by atoms with E-state index in [1.807, 2.05) is 41.8 Å². The van der Waals surface area contributed by atoms with Crippen molar-refractivity contribution in [2.24, 2.45) is 0 Å². The van der Waals surface area contributed by atoms with Crippen molar-refractivity contribution in [3.05, 3.63) is 63.6 Å². The molecule has 5 nitrogen and oxygen atoms in total. The maximum absolute atomic E-state index is 12.7. The highest BCUT2D eigenvalue weighted by Gasteiger charge is 2.17. The zero-order valence-electron chi connectivity index (χ0n) is 15.5. The minimum atomic E-state index is -0.141. The van der Waals surface area contributed by atoms with Crippen LogP contribution in [0.1, 0.15) is 5.69 Å². The molecule has 1 N–H and O–H groups in total. The Labute approximate surface area is 183 Å². The fraction of sp³-hybridized carbons (Fsp3) is 0.238. The van der Waals surface area contributed by atoms with E-state index in [0.717, 1.165) is 29.3 Å². The lowest BCUT2D eigenvalue weighted by molar-refractivity contribution is -0.115. The van der Waals surface area contributed by atoms with E-state index in [4.69, 9.17) is 27.9 Å². The maximum Gasteiger partial charge on any atom is 0.230 e. The molecule has 0 atom stereocenters. The number of rotatable bonds is 5. The van der Waals surface area contributed by atoms with Crippen LogP contribution in [0.2, 0.25) is 10.0 Å². The predicted octanol–water partition coefficient (Wildman–Crippen LogP) is 5.13. The van der Waals surface area contributed by atoms with Crippen LogP contribution in [0.3, 0.4) is 0 Å². The number of nitrogens with zero attached hydrogens (tertiary/aromatic N) is 2. The van der Waals surface area contributed by atoms with Gasteiger partial charge >= 0.3 is 0 Å². The molecule has 0 saturated carbocycles. The van der Waals surface area contributed by atoms with Gasteiger partial charge in [0.2, 0.25) is 5.91 Å². The average Bonchev–Trinajstić information content (AvgIpc) is 3.17. The molecule has 29 heavy (non-hydrogen) atoms. The number of benzene rings is 2. The van der Waals surface area contributed by atoms with Gasteiger partial charge in [-0.1, -0.05) is 41.4 Å². The topological polar surface area (TPSA) is 54.5 Å². The number of carbonyl (C=O) groups excluding carboxylic acids is 1. The lowest BCUT2D eigenvalue weighted by atomic mass is 10.2. The summed E-state index contributed by atoms with van der Waals surface area (Å²) in [7, 11) is 0. The average molecular weight is 448 g/mol. The first kappa shape index (κ1) is 20.2. The summed E-state index contributed by atoms with van der Waals surface area (Å²) in [6, 6.07) is 13.1. The Morgan fingerprint density at radius 1 is 1.17 bits per heavy atom. The summed E-state index contributed by atoms with van der Waals surface area (Å²) in [4.78, 5) is 19.4. The summed E-state index contributed by atoms with van der Waals surface area (Å²) >= 11 is 13.9. The van der Waals surface area contributed by atoms with E-state index in [-0.39, 0.29) is 12.3 Å². The van der Waals surface area contributed by atoms with E-state index in [1.165, 1.54) is 11.3 Å². The van der Waals surface area contributed by atoms with Gasteiger partial charge in [-0.15, -0.1) is 11.3 Å². The van der Waals surface area contributed by atoms with Crippen molar-refractivity contribution in [1.29, 1.82) is 0 Å². The van der Waals surface area contributed by atoms with Gasteiger partial charge in [-0.2, -0.15) is 0 Å². The molecule has 0 bridgehead atoms. The van der Waals surface area contributed by atoms with Crippen LogP contribution in [0.25, 0.3) is 10.6 Å². The number of anilines is 2. The summed E-state index contributed by atoms with van der Waals surface area (Å²) in [6.07, 6.45) is 0.177. The molecular weight excluding hydrogens is 429 g/mol. The van der Waals surface area contributed by atoms with Crippen molar-refractivity contribution in [3.8, 4) is 10.6 Å². The summed E-state index contributed by atoms with van der Waals surface area (Å²) in [6.45, 7) is 2.88. The van der Waals surface area contributed by atoms with Crippen LogP contribution in [-0.4, -0.2) is 37.2 Å². The van der Waals surface area contributed by atoms with Gasteiger partial charge in [0.15, 0.2) is 0 Å². The van der Waals surface area contributed by atoms with E-state index < -0.39 is 0 Å². The van der Waals surface area contributed by atoms with E-state index in [2.05, 4.69) is 15.2 Å². The number of hydrogen-bond acceptors (Lipinski definition) is 5. The molecule has 0 radical (unpaired) electrons. The number of aromatic nitrogens is 1. The van der Waals surface area contributed by atoms with Crippen LogP contribution in [-0.2, 0) is 16.0 Å². The quantitative estimate of drug-likeness (QED) is 0.588. The number of halogens is 2. The van der Waals surface area contributed by atoms with E-state index in [0.29, 0.717) is 34.6 Å². The number of morpholine rings is 1. The molecule has 1 amide bonds. The molecule has 0 spiro atoms. The van der Waals surface area contributed by atoms with Crippen molar-refractivity contribution in [3.63, 3.8) is 0 Å². The molecule has 2 heterocycles. The molecule has 8 heteroatoms. The number of nitrogens with one attached hydrogen (secondary N) is 1. The summed E-state index contributed by atoms with van der Waals surface area (Å²) < 4.78 is 5.42. The Morgan fingerprint density at radius 2 is 1.97 bits per heavy atom. The van der Waals surface area contributed by atoms with Gasteiger partial charge in [0.1, 0.15) is 5.01 Å². The van der Waals surface area contributed by atoms with Crippen LogP contribution < -0.4 is 10.2 Å². The standard InChI is InChI=1S/C21H19Cl2N3O2S/c22-14-5-6-19(26-7-9-28-10-8-26)18(11-14)25-20(27)12-15-13-29-21(24-15)16-3-1-2-4-17(16)23/h1-6,11,13H,7-10,12H2,(H,25,27). The Bertz CT molecular complexity index is 1020. The zero-order valence-corrected chi connectivity index (χ0v) is 17.9. The highest BCUT2D eigenvalue weighted by molar-refractivity contribution is 7.13. The molecule has 2 aromatic carbocycles. The van der Waals surface area contributed by atoms with Crippen LogP contribution in [0.15, 0.2) is 47.8 Å². The highest BCUT2D eigenvalue weighted by atomic mass is 35.5. The van der Waals surface area contributed by atoms with Gasteiger partial charge in [0.05, 0.1) is 41.7 Å². The highest BCUT2D eigenvalue weighted by Crippen LogP contribution is 2.32. The second kappa shape index (κ2) is 9.13. The largest absolute Gasteiger partial charge is 0.378 e. The third-order valence-corrected chi connectivity index (χ3v) is 6.07. The number of thiazole rings is 1. The molecule has 3 aromatic rings. The first-order valence-electron chi connectivity index (χ1n) is 9.21. The normalized spacial score (nSPS) is 14.1. The van der Waals surface area contributed by atoms with Crippen molar-refractivity contribution in [2.45, 2.75) is 6.42 Å². The molecule has 1 aliphatic heterocycles. The maximum atomic E-state index is 12.7. The SMILES string of the molecule is O=C(Cc1csc(-c2ccccc2Cl)n1)Nc1cc(Cl)ccc1N1CCOCC1. The predicted molar refractivity (Wildman–Crippen MR) is 119 cm³/mol. The zero-order chi connectivity index (χ0) is 20.2. The summed E-state index contributed by atoms with van der Waals surface area (Å²) in [5, 5.41) is 6.90.